The van der Waals surface area contributed by atoms with E-state index in [0.29, 0.717) is 12.0 Å². The standard InChI is InChI=1S/C23H29NO10/c1-11(24-10-17(27)13-7-14(25)9-15(26)8-13)6-12-2-4-16(5-3-12)33-23-20(30)18(28)19(29)21(34-23)22(31)32/h2-5,7-9,11,17-21,23-30H,6,10H2,1H3,(H,31,32)/t11-,17+,18+,19+,20-,21+,23-/m1/s1. The van der Waals surface area contributed by atoms with Crippen molar-refractivity contribution in [2.24, 2.45) is 0 Å². The summed E-state index contributed by atoms with van der Waals surface area (Å²) in [5, 5.41) is 71.3. The predicted molar refractivity (Wildman–Crippen MR) is 117 cm³/mol. The van der Waals surface area contributed by atoms with Crippen LogP contribution in [0.3, 0.4) is 0 Å². The maximum Gasteiger partial charge on any atom is 0.335 e. The van der Waals surface area contributed by atoms with Gasteiger partial charge in [-0.05, 0) is 48.7 Å². The van der Waals surface area contributed by atoms with Crippen molar-refractivity contribution in [2.75, 3.05) is 6.54 Å². The third-order valence-corrected chi connectivity index (χ3v) is 5.50. The molecule has 1 aliphatic heterocycles. The van der Waals surface area contributed by atoms with Crippen LogP contribution >= 0.6 is 0 Å². The van der Waals surface area contributed by atoms with Crippen molar-refractivity contribution < 1.29 is 50.0 Å². The Bertz CT molecular complexity index is 948. The SMILES string of the molecule is C[C@H](Cc1ccc(O[C@@H]2O[C@H](C(=O)O)[C@@H](O)[C@H](O)[C@H]2O)cc1)NC[C@H](O)c1cc(O)cc(O)c1. The van der Waals surface area contributed by atoms with Gasteiger partial charge in [0.25, 0.3) is 0 Å². The molecule has 1 fully saturated rings. The fourth-order valence-corrected chi connectivity index (χ4v) is 3.65. The van der Waals surface area contributed by atoms with Crippen LogP contribution in [0.5, 0.6) is 17.2 Å². The minimum Gasteiger partial charge on any atom is -0.508 e. The van der Waals surface area contributed by atoms with Gasteiger partial charge in [-0.1, -0.05) is 12.1 Å². The zero-order chi connectivity index (χ0) is 25.0. The zero-order valence-electron chi connectivity index (χ0n) is 18.4. The number of phenols is 2. The van der Waals surface area contributed by atoms with Crippen LogP contribution in [0.2, 0.25) is 0 Å². The predicted octanol–water partition coefficient (Wildman–Crippen LogP) is -0.377. The number of hydrogen-bond acceptors (Lipinski definition) is 10. The molecule has 2 aromatic carbocycles. The molecule has 0 spiro atoms. The number of carboxylic acid groups (broad SMARTS) is 1. The van der Waals surface area contributed by atoms with Crippen LogP contribution < -0.4 is 10.1 Å². The van der Waals surface area contributed by atoms with Gasteiger partial charge in [-0.2, -0.15) is 0 Å². The van der Waals surface area contributed by atoms with Crippen molar-refractivity contribution in [3.63, 3.8) is 0 Å². The first-order chi connectivity index (χ1) is 16.0. The van der Waals surface area contributed by atoms with E-state index in [-0.39, 0.29) is 29.8 Å². The molecular weight excluding hydrogens is 450 g/mol. The fourth-order valence-electron chi connectivity index (χ4n) is 3.65. The first-order valence-corrected chi connectivity index (χ1v) is 10.7. The van der Waals surface area contributed by atoms with Crippen molar-refractivity contribution in [2.45, 2.75) is 56.2 Å². The minimum absolute atomic E-state index is 0.0382. The van der Waals surface area contributed by atoms with E-state index in [4.69, 9.17) is 14.6 Å². The molecule has 11 nitrogen and oxygen atoms in total. The van der Waals surface area contributed by atoms with Crippen molar-refractivity contribution in [3.8, 4) is 17.2 Å². The molecule has 0 aromatic heterocycles. The van der Waals surface area contributed by atoms with Crippen LogP contribution in [-0.4, -0.2) is 85.0 Å². The number of nitrogens with one attached hydrogen (secondary N) is 1. The molecule has 0 aliphatic carbocycles. The second kappa shape index (κ2) is 11.0. The van der Waals surface area contributed by atoms with E-state index in [0.717, 1.165) is 5.56 Å². The Morgan fingerprint density at radius 3 is 2.24 bits per heavy atom. The number of phenolic OH excluding ortho intramolecular Hbond substituents is 2. The van der Waals surface area contributed by atoms with Crippen LogP contribution in [0.15, 0.2) is 42.5 Å². The maximum atomic E-state index is 11.2. The smallest absolute Gasteiger partial charge is 0.335 e. The van der Waals surface area contributed by atoms with Crippen molar-refractivity contribution in [3.05, 3.63) is 53.6 Å². The largest absolute Gasteiger partial charge is 0.508 e. The molecule has 34 heavy (non-hydrogen) atoms. The highest BCUT2D eigenvalue weighted by molar-refractivity contribution is 5.73. The molecule has 0 amide bonds. The number of ether oxygens (including phenoxy) is 2. The number of carbonyl (C=O) groups is 1. The fraction of sp³-hybridized carbons (Fsp3) is 0.435. The summed E-state index contributed by atoms with van der Waals surface area (Å²) in [5.74, 6) is -1.51. The number of aliphatic carboxylic acids is 1. The van der Waals surface area contributed by atoms with Crippen LogP contribution in [0.1, 0.15) is 24.2 Å². The summed E-state index contributed by atoms with van der Waals surface area (Å²) < 4.78 is 10.6. The minimum atomic E-state index is -1.79. The third-order valence-electron chi connectivity index (χ3n) is 5.50. The first-order valence-electron chi connectivity index (χ1n) is 10.7. The van der Waals surface area contributed by atoms with Crippen molar-refractivity contribution >= 4 is 5.97 Å². The van der Waals surface area contributed by atoms with Gasteiger partial charge in [-0.3, -0.25) is 0 Å². The van der Waals surface area contributed by atoms with Crippen LogP contribution in [-0.2, 0) is 16.0 Å². The summed E-state index contributed by atoms with van der Waals surface area (Å²) >= 11 is 0. The van der Waals surface area contributed by atoms with E-state index in [9.17, 15) is 35.4 Å². The van der Waals surface area contributed by atoms with E-state index in [1.54, 1.807) is 24.3 Å². The lowest BCUT2D eigenvalue weighted by Crippen LogP contribution is -2.61. The topological polar surface area (TPSA) is 189 Å². The molecule has 0 radical (unpaired) electrons. The Hall–Kier alpha value is -2.93. The number of aliphatic hydroxyl groups excluding tert-OH is 4. The summed E-state index contributed by atoms with van der Waals surface area (Å²) in [6, 6.07) is 10.6. The van der Waals surface area contributed by atoms with Gasteiger partial charge in [-0.25, -0.2) is 4.79 Å². The molecule has 186 valence electrons. The summed E-state index contributed by atoms with van der Waals surface area (Å²) in [5.41, 5.74) is 1.30. The highest BCUT2D eigenvalue weighted by Crippen LogP contribution is 2.26. The van der Waals surface area contributed by atoms with Gasteiger partial charge >= 0.3 is 5.97 Å². The molecule has 0 unspecified atom stereocenters. The van der Waals surface area contributed by atoms with Gasteiger partial charge in [0.05, 0.1) is 6.10 Å². The number of carboxylic acids is 1. The molecule has 2 aromatic rings. The van der Waals surface area contributed by atoms with Gasteiger partial charge < -0.3 is 50.5 Å². The lowest BCUT2D eigenvalue weighted by Gasteiger charge is -2.38. The molecular formula is C23H29NO10. The monoisotopic (exact) mass is 479 g/mol. The van der Waals surface area contributed by atoms with Crippen molar-refractivity contribution in [1.82, 2.24) is 5.32 Å². The molecule has 0 bridgehead atoms. The van der Waals surface area contributed by atoms with Gasteiger partial charge in [0, 0.05) is 18.7 Å². The molecule has 11 heteroatoms. The van der Waals surface area contributed by atoms with Gasteiger partial charge in [-0.15, -0.1) is 0 Å². The number of rotatable bonds is 9. The summed E-state index contributed by atoms with van der Waals surface area (Å²) in [7, 11) is 0. The van der Waals surface area contributed by atoms with Gasteiger partial charge in [0.2, 0.25) is 6.29 Å². The van der Waals surface area contributed by atoms with E-state index in [1.165, 1.54) is 18.2 Å². The number of hydrogen-bond donors (Lipinski definition) is 8. The van der Waals surface area contributed by atoms with Gasteiger partial charge in [0.1, 0.15) is 35.6 Å². The highest BCUT2D eigenvalue weighted by Gasteiger charge is 2.48. The molecule has 1 aliphatic rings. The number of aromatic hydroxyl groups is 2. The summed E-state index contributed by atoms with van der Waals surface area (Å²) in [6.45, 7) is 2.11. The van der Waals surface area contributed by atoms with Crippen LogP contribution in [0, 0.1) is 0 Å². The molecule has 7 atom stereocenters. The average molecular weight is 479 g/mol. The lowest BCUT2D eigenvalue weighted by molar-refractivity contribution is -0.271. The molecule has 1 saturated heterocycles. The Labute approximate surface area is 195 Å². The van der Waals surface area contributed by atoms with Gasteiger partial charge in [0.15, 0.2) is 6.10 Å². The van der Waals surface area contributed by atoms with E-state index < -0.39 is 42.8 Å². The Morgan fingerprint density at radius 2 is 1.65 bits per heavy atom. The quantitative estimate of drug-likeness (QED) is 0.234. The molecule has 3 rings (SSSR count). The average Bonchev–Trinajstić information content (AvgIpc) is 2.78. The summed E-state index contributed by atoms with van der Waals surface area (Å²) in [6.07, 6.45) is -8.74. The Balaban J connectivity index is 1.52. The summed E-state index contributed by atoms with van der Waals surface area (Å²) in [4.78, 5) is 11.2. The van der Waals surface area contributed by atoms with E-state index in [1.807, 2.05) is 6.92 Å². The zero-order valence-corrected chi connectivity index (χ0v) is 18.4. The molecule has 1 heterocycles. The Morgan fingerprint density at radius 1 is 1.03 bits per heavy atom. The van der Waals surface area contributed by atoms with E-state index in [2.05, 4.69) is 5.32 Å². The second-order valence-electron chi connectivity index (χ2n) is 8.31. The third kappa shape index (κ3) is 6.35. The molecule has 0 saturated carbocycles. The van der Waals surface area contributed by atoms with Crippen molar-refractivity contribution in [1.29, 1.82) is 0 Å². The van der Waals surface area contributed by atoms with E-state index >= 15 is 0 Å². The highest BCUT2D eigenvalue weighted by atomic mass is 16.7. The molecule has 8 N–H and O–H groups in total. The number of aliphatic hydroxyl groups is 4. The lowest BCUT2D eigenvalue weighted by atomic mass is 9.99. The second-order valence-corrected chi connectivity index (χ2v) is 8.31. The number of benzene rings is 2. The maximum absolute atomic E-state index is 11.2. The first kappa shape index (κ1) is 25.7. The van der Waals surface area contributed by atoms with Crippen LogP contribution in [0.4, 0.5) is 0 Å². The van der Waals surface area contributed by atoms with Crippen LogP contribution in [0.25, 0.3) is 0 Å². The normalized spacial score (nSPS) is 26.6. The Kier molecular flexibility index (Phi) is 8.31.